The van der Waals surface area contributed by atoms with Crippen LogP contribution in [0.3, 0.4) is 0 Å². The van der Waals surface area contributed by atoms with Crippen molar-refractivity contribution in [1.29, 1.82) is 0 Å². The van der Waals surface area contributed by atoms with Gasteiger partial charge in [0.2, 0.25) is 5.91 Å². The predicted octanol–water partition coefficient (Wildman–Crippen LogP) is 3.89. The number of benzene rings is 2. The number of nitrogens with zero attached hydrogens (tertiary/aromatic N) is 1. The molecular formula is C19H20Cl2N2O4S. The van der Waals surface area contributed by atoms with Crippen LogP contribution in [0.25, 0.3) is 0 Å². The molecule has 2 aromatic carbocycles. The molecule has 150 valence electrons. The average Bonchev–Trinajstić information content (AvgIpc) is 2.62. The van der Waals surface area contributed by atoms with Crippen LogP contribution in [-0.2, 0) is 14.6 Å². The number of sulfone groups is 1. The van der Waals surface area contributed by atoms with Crippen LogP contribution in [0.2, 0.25) is 10.0 Å². The molecule has 9 heteroatoms. The first kappa shape index (κ1) is 22.2. The van der Waals surface area contributed by atoms with Gasteiger partial charge in [0.05, 0.1) is 15.6 Å². The summed E-state index contributed by atoms with van der Waals surface area (Å²) in [6, 6.07) is 10.3. The summed E-state index contributed by atoms with van der Waals surface area (Å²) in [5.41, 5.74) is 0.704. The maximum atomic E-state index is 12.7. The van der Waals surface area contributed by atoms with E-state index < -0.39 is 15.7 Å². The summed E-state index contributed by atoms with van der Waals surface area (Å²) in [6.07, 6.45) is 1.75. The van der Waals surface area contributed by atoms with Crippen molar-refractivity contribution in [1.82, 2.24) is 4.90 Å². The van der Waals surface area contributed by atoms with Crippen molar-refractivity contribution in [3.8, 4) is 0 Å². The van der Waals surface area contributed by atoms with Gasteiger partial charge >= 0.3 is 0 Å². The number of rotatable bonds is 7. The Morgan fingerprint density at radius 3 is 2.25 bits per heavy atom. The highest BCUT2D eigenvalue weighted by Crippen LogP contribution is 2.25. The Labute approximate surface area is 174 Å². The summed E-state index contributed by atoms with van der Waals surface area (Å²) in [6.45, 7) is 2.09. The molecule has 0 spiro atoms. The van der Waals surface area contributed by atoms with Gasteiger partial charge < -0.3 is 10.2 Å². The van der Waals surface area contributed by atoms with Crippen LogP contribution in [0, 0.1) is 0 Å². The third-order valence-corrected chi connectivity index (χ3v) is 5.53. The summed E-state index contributed by atoms with van der Waals surface area (Å²) in [4.78, 5) is 26.7. The maximum Gasteiger partial charge on any atom is 0.254 e. The number of hydrogen-bond acceptors (Lipinski definition) is 4. The molecular weight excluding hydrogens is 423 g/mol. The third-order valence-electron chi connectivity index (χ3n) is 3.85. The molecule has 0 saturated heterocycles. The molecule has 0 aliphatic heterocycles. The molecule has 2 rings (SSSR count). The highest BCUT2D eigenvalue weighted by atomic mass is 35.5. The standard InChI is InChI=1S/C19H20Cl2N2O4S/c1-3-10-23(12-18(24)22-17-9-6-14(20)11-16(17)21)19(25)13-4-7-15(8-5-13)28(2,26)27/h4-9,11H,3,10,12H2,1-2H3,(H,22,24). The fourth-order valence-corrected chi connectivity index (χ4v) is 3.59. The first-order chi connectivity index (χ1) is 13.1. The monoisotopic (exact) mass is 442 g/mol. The van der Waals surface area contributed by atoms with Crippen LogP contribution < -0.4 is 5.32 Å². The number of amides is 2. The van der Waals surface area contributed by atoms with E-state index in [1.54, 1.807) is 12.1 Å². The van der Waals surface area contributed by atoms with Crippen molar-refractivity contribution >= 4 is 50.5 Å². The fraction of sp³-hybridized carbons (Fsp3) is 0.263. The van der Waals surface area contributed by atoms with Crippen LogP contribution in [0.1, 0.15) is 23.7 Å². The minimum absolute atomic E-state index is 0.126. The van der Waals surface area contributed by atoms with Gasteiger partial charge in [-0.15, -0.1) is 0 Å². The van der Waals surface area contributed by atoms with Gasteiger partial charge in [-0.1, -0.05) is 30.1 Å². The fourth-order valence-electron chi connectivity index (χ4n) is 2.50. The normalized spacial score (nSPS) is 11.1. The van der Waals surface area contributed by atoms with E-state index in [1.807, 2.05) is 6.92 Å². The average molecular weight is 443 g/mol. The SMILES string of the molecule is CCCN(CC(=O)Nc1ccc(Cl)cc1Cl)C(=O)c1ccc(S(C)(=O)=O)cc1. The van der Waals surface area contributed by atoms with E-state index in [1.165, 1.54) is 35.2 Å². The van der Waals surface area contributed by atoms with Crippen molar-refractivity contribution < 1.29 is 18.0 Å². The molecule has 0 radical (unpaired) electrons. The van der Waals surface area contributed by atoms with E-state index in [0.29, 0.717) is 34.3 Å². The summed E-state index contributed by atoms with van der Waals surface area (Å²) in [5.74, 6) is -0.766. The molecule has 0 fully saturated rings. The van der Waals surface area contributed by atoms with Crippen LogP contribution in [0.15, 0.2) is 47.4 Å². The Bertz CT molecular complexity index is 976. The summed E-state index contributed by atoms with van der Waals surface area (Å²) in [5, 5.41) is 3.40. The number of halogens is 2. The van der Waals surface area contributed by atoms with Gasteiger partial charge in [-0.3, -0.25) is 9.59 Å². The number of anilines is 1. The molecule has 2 amide bonds. The van der Waals surface area contributed by atoms with Crippen LogP contribution >= 0.6 is 23.2 Å². The van der Waals surface area contributed by atoms with E-state index in [0.717, 1.165) is 6.26 Å². The highest BCUT2D eigenvalue weighted by molar-refractivity contribution is 7.90. The predicted molar refractivity (Wildman–Crippen MR) is 111 cm³/mol. The molecule has 0 unspecified atom stereocenters. The molecule has 0 atom stereocenters. The highest BCUT2D eigenvalue weighted by Gasteiger charge is 2.19. The first-order valence-electron chi connectivity index (χ1n) is 8.46. The second-order valence-electron chi connectivity index (χ2n) is 6.20. The minimum Gasteiger partial charge on any atom is -0.329 e. The van der Waals surface area contributed by atoms with Gasteiger partial charge in [0.15, 0.2) is 9.84 Å². The van der Waals surface area contributed by atoms with E-state index in [4.69, 9.17) is 23.2 Å². The topological polar surface area (TPSA) is 83.6 Å². The third kappa shape index (κ3) is 5.95. The Hall–Kier alpha value is -2.09. The number of nitrogens with one attached hydrogen (secondary N) is 1. The lowest BCUT2D eigenvalue weighted by Gasteiger charge is -2.22. The van der Waals surface area contributed by atoms with Gasteiger partial charge in [-0.05, 0) is 48.9 Å². The maximum absolute atomic E-state index is 12.7. The van der Waals surface area contributed by atoms with Crippen molar-refractivity contribution in [2.45, 2.75) is 18.2 Å². The van der Waals surface area contributed by atoms with E-state index in [-0.39, 0.29) is 17.3 Å². The zero-order valence-electron chi connectivity index (χ0n) is 15.4. The van der Waals surface area contributed by atoms with Gasteiger partial charge in [0, 0.05) is 23.4 Å². The molecule has 0 aliphatic carbocycles. The Morgan fingerprint density at radius 2 is 1.71 bits per heavy atom. The molecule has 2 aromatic rings. The number of carbonyl (C=O) groups excluding carboxylic acids is 2. The number of hydrogen-bond donors (Lipinski definition) is 1. The lowest BCUT2D eigenvalue weighted by Crippen LogP contribution is -2.38. The second-order valence-corrected chi connectivity index (χ2v) is 9.05. The smallest absolute Gasteiger partial charge is 0.254 e. The lowest BCUT2D eigenvalue weighted by atomic mass is 10.2. The molecule has 1 N–H and O–H groups in total. The van der Waals surface area contributed by atoms with Crippen molar-refractivity contribution in [2.75, 3.05) is 24.7 Å². The minimum atomic E-state index is -3.35. The molecule has 0 heterocycles. The Balaban J connectivity index is 2.13. The van der Waals surface area contributed by atoms with Gasteiger partial charge in [-0.2, -0.15) is 0 Å². The van der Waals surface area contributed by atoms with Crippen LogP contribution in [0.4, 0.5) is 5.69 Å². The van der Waals surface area contributed by atoms with Crippen molar-refractivity contribution in [2.24, 2.45) is 0 Å². The Morgan fingerprint density at radius 1 is 1.07 bits per heavy atom. The lowest BCUT2D eigenvalue weighted by molar-refractivity contribution is -0.116. The van der Waals surface area contributed by atoms with E-state index in [9.17, 15) is 18.0 Å². The number of carbonyl (C=O) groups is 2. The largest absolute Gasteiger partial charge is 0.329 e. The summed E-state index contributed by atoms with van der Waals surface area (Å²) >= 11 is 11.9. The molecule has 0 aliphatic rings. The zero-order chi connectivity index (χ0) is 20.9. The van der Waals surface area contributed by atoms with E-state index in [2.05, 4.69) is 5.32 Å². The second kappa shape index (κ2) is 9.41. The molecule has 6 nitrogen and oxygen atoms in total. The molecule has 0 saturated carbocycles. The van der Waals surface area contributed by atoms with Gasteiger partial charge in [-0.25, -0.2) is 8.42 Å². The first-order valence-corrected chi connectivity index (χ1v) is 11.1. The van der Waals surface area contributed by atoms with Crippen molar-refractivity contribution in [3.05, 3.63) is 58.1 Å². The quantitative estimate of drug-likeness (QED) is 0.704. The Kier molecular flexibility index (Phi) is 7.46. The molecule has 28 heavy (non-hydrogen) atoms. The van der Waals surface area contributed by atoms with Crippen LogP contribution in [-0.4, -0.2) is 44.5 Å². The van der Waals surface area contributed by atoms with E-state index >= 15 is 0 Å². The van der Waals surface area contributed by atoms with Gasteiger partial charge in [0.25, 0.3) is 5.91 Å². The van der Waals surface area contributed by atoms with Crippen LogP contribution in [0.5, 0.6) is 0 Å². The molecule has 0 aromatic heterocycles. The summed E-state index contributed by atoms with van der Waals surface area (Å²) < 4.78 is 23.1. The molecule has 0 bridgehead atoms. The zero-order valence-corrected chi connectivity index (χ0v) is 17.7. The van der Waals surface area contributed by atoms with Crippen molar-refractivity contribution in [3.63, 3.8) is 0 Å². The van der Waals surface area contributed by atoms with Gasteiger partial charge in [0.1, 0.15) is 6.54 Å². The summed E-state index contributed by atoms with van der Waals surface area (Å²) in [7, 11) is -3.35.